The Morgan fingerprint density at radius 2 is 1.79 bits per heavy atom. The van der Waals surface area contributed by atoms with Gasteiger partial charge in [0.05, 0.1) is 17.0 Å². The normalized spacial score (nSPS) is 11.0. The lowest BCUT2D eigenvalue weighted by Gasteiger charge is -2.08. The van der Waals surface area contributed by atoms with Crippen LogP contribution in [-0.2, 0) is 4.79 Å². The van der Waals surface area contributed by atoms with Crippen molar-refractivity contribution in [3.05, 3.63) is 88.8 Å². The van der Waals surface area contributed by atoms with Gasteiger partial charge in [-0.3, -0.25) is 9.59 Å². The maximum absolute atomic E-state index is 12.2. The quantitative estimate of drug-likeness (QED) is 0.494. The number of amides is 2. The zero-order valence-corrected chi connectivity index (χ0v) is 16.9. The lowest BCUT2D eigenvalue weighted by atomic mass is 10.0. The predicted molar refractivity (Wildman–Crippen MR) is 116 cm³/mol. The van der Waals surface area contributed by atoms with Crippen molar-refractivity contribution in [1.29, 1.82) is 0 Å². The van der Waals surface area contributed by atoms with E-state index >= 15 is 0 Å². The van der Waals surface area contributed by atoms with Gasteiger partial charge >= 0.3 is 0 Å². The lowest BCUT2D eigenvalue weighted by Crippen LogP contribution is -2.12. The molecule has 0 bridgehead atoms. The maximum Gasteiger partial charge on any atom is 0.291 e. The van der Waals surface area contributed by atoms with Gasteiger partial charge in [-0.05, 0) is 53.5 Å². The van der Waals surface area contributed by atoms with Crippen LogP contribution in [0.25, 0.3) is 6.08 Å². The van der Waals surface area contributed by atoms with E-state index < -0.39 is 5.91 Å². The molecule has 2 amide bonds. The predicted octanol–water partition coefficient (Wildman–Crippen LogP) is 5.96. The zero-order chi connectivity index (χ0) is 20.8. The first-order valence-corrected chi connectivity index (χ1v) is 9.53. The van der Waals surface area contributed by atoms with Crippen LogP contribution in [-0.4, -0.2) is 11.8 Å². The average molecular weight is 409 g/mol. The number of halogens is 1. The Balaban J connectivity index is 1.60. The molecule has 3 rings (SSSR count). The molecule has 0 saturated heterocycles. The van der Waals surface area contributed by atoms with Gasteiger partial charge in [-0.15, -0.1) is 0 Å². The van der Waals surface area contributed by atoms with Gasteiger partial charge in [0.15, 0.2) is 5.76 Å². The Bertz CT molecular complexity index is 1020. The van der Waals surface area contributed by atoms with Crippen LogP contribution in [0.1, 0.15) is 41.4 Å². The summed E-state index contributed by atoms with van der Waals surface area (Å²) in [6.45, 7) is 4.27. The summed E-state index contributed by atoms with van der Waals surface area (Å²) in [6.07, 6.45) is 4.63. The summed E-state index contributed by atoms with van der Waals surface area (Å²) >= 11 is 6.22. The molecule has 1 aromatic heterocycles. The average Bonchev–Trinajstić information content (AvgIpc) is 3.24. The topological polar surface area (TPSA) is 71.3 Å². The molecule has 29 heavy (non-hydrogen) atoms. The molecule has 0 fully saturated rings. The van der Waals surface area contributed by atoms with Gasteiger partial charge in [-0.1, -0.05) is 49.7 Å². The Kier molecular flexibility index (Phi) is 6.52. The van der Waals surface area contributed by atoms with Crippen LogP contribution >= 0.6 is 11.6 Å². The molecule has 2 N–H and O–H groups in total. The van der Waals surface area contributed by atoms with Gasteiger partial charge in [-0.2, -0.15) is 0 Å². The summed E-state index contributed by atoms with van der Waals surface area (Å²) < 4.78 is 5.05. The van der Waals surface area contributed by atoms with Gasteiger partial charge in [0.25, 0.3) is 5.91 Å². The van der Waals surface area contributed by atoms with E-state index in [2.05, 4.69) is 36.6 Å². The van der Waals surface area contributed by atoms with Crippen molar-refractivity contribution < 1.29 is 14.0 Å². The molecule has 6 heteroatoms. The van der Waals surface area contributed by atoms with Gasteiger partial charge in [-0.25, -0.2) is 0 Å². The number of furan rings is 1. The molecule has 5 nitrogen and oxygen atoms in total. The van der Waals surface area contributed by atoms with Gasteiger partial charge in [0.1, 0.15) is 0 Å². The van der Waals surface area contributed by atoms with E-state index in [-0.39, 0.29) is 11.7 Å². The number of carbonyl (C=O) groups is 2. The molecule has 0 saturated carbocycles. The summed E-state index contributed by atoms with van der Waals surface area (Å²) in [6, 6.07) is 16.1. The lowest BCUT2D eigenvalue weighted by molar-refractivity contribution is -0.111. The van der Waals surface area contributed by atoms with E-state index in [1.54, 1.807) is 36.4 Å². The first-order valence-electron chi connectivity index (χ1n) is 9.16. The molecule has 0 radical (unpaired) electrons. The number of anilines is 2. The summed E-state index contributed by atoms with van der Waals surface area (Å²) in [7, 11) is 0. The fourth-order valence-corrected chi connectivity index (χ4v) is 2.86. The van der Waals surface area contributed by atoms with E-state index in [0.29, 0.717) is 22.3 Å². The minimum absolute atomic E-state index is 0.185. The molecule has 0 atom stereocenters. The molecule has 1 heterocycles. The van der Waals surface area contributed by atoms with Crippen LogP contribution in [0.4, 0.5) is 11.4 Å². The Labute approximate surface area is 174 Å². The molecular weight excluding hydrogens is 388 g/mol. The van der Waals surface area contributed by atoms with Gasteiger partial charge < -0.3 is 15.1 Å². The standard InChI is InChI=1S/C23H21ClN2O3/c1-15(2)17-8-5-16(6-9-17)7-12-22(27)25-18-10-11-20(19(24)14-18)26-23(28)21-4-3-13-29-21/h3-15H,1-2H3,(H,25,27)(H,26,28). The van der Waals surface area contributed by atoms with Crippen molar-refractivity contribution >= 4 is 40.9 Å². The molecule has 0 aliphatic heterocycles. The highest BCUT2D eigenvalue weighted by Gasteiger charge is 2.11. The monoisotopic (exact) mass is 408 g/mol. The Hall–Kier alpha value is -3.31. The van der Waals surface area contributed by atoms with E-state index in [4.69, 9.17) is 16.0 Å². The fourth-order valence-electron chi connectivity index (χ4n) is 2.63. The van der Waals surface area contributed by atoms with Crippen molar-refractivity contribution in [1.82, 2.24) is 0 Å². The largest absolute Gasteiger partial charge is 0.459 e. The van der Waals surface area contributed by atoms with E-state index in [9.17, 15) is 9.59 Å². The summed E-state index contributed by atoms with van der Waals surface area (Å²) in [5, 5.41) is 5.71. The highest BCUT2D eigenvalue weighted by Crippen LogP contribution is 2.26. The second kappa shape index (κ2) is 9.26. The van der Waals surface area contributed by atoms with Crippen LogP contribution in [0, 0.1) is 0 Å². The van der Waals surface area contributed by atoms with Crippen LogP contribution in [0.15, 0.2) is 71.4 Å². The first-order chi connectivity index (χ1) is 13.9. The van der Waals surface area contributed by atoms with Gasteiger partial charge in [0, 0.05) is 11.8 Å². The summed E-state index contributed by atoms with van der Waals surface area (Å²) in [5.41, 5.74) is 3.14. The Morgan fingerprint density at radius 1 is 1.03 bits per heavy atom. The van der Waals surface area contributed by atoms with Gasteiger partial charge in [0.2, 0.25) is 5.91 Å². The van der Waals surface area contributed by atoms with Crippen molar-refractivity contribution in [2.24, 2.45) is 0 Å². The smallest absolute Gasteiger partial charge is 0.291 e. The van der Waals surface area contributed by atoms with Crippen LogP contribution < -0.4 is 10.6 Å². The highest BCUT2D eigenvalue weighted by molar-refractivity contribution is 6.34. The molecule has 0 aliphatic carbocycles. The zero-order valence-electron chi connectivity index (χ0n) is 16.1. The second-order valence-electron chi connectivity index (χ2n) is 6.77. The second-order valence-corrected chi connectivity index (χ2v) is 7.18. The molecular formula is C23H21ClN2O3. The van der Waals surface area contributed by atoms with Crippen molar-refractivity contribution in [3.63, 3.8) is 0 Å². The number of hydrogen-bond donors (Lipinski definition) is 2. The van der Waals surface area contributed by atoms with Crippen LogP contribution in [0.2, 0.25) is 5.02 Å². The number of nitrogens with one attached hydrogen (secondary N) is 2. The first kappa shape index (κ1) is 20.4. The summed E-state index contributed by atoms with van der Waals surface area (Å²) in [5.74, 6) is -0.0283. The maximum atomic E-state index is 12.2. The van der Waals surface area contributed by atoms with Crippen molar-refractivity contribution in [3.8, 4) is 0 Å². The molecule has 0 spiro atoms. The third kappa shape index (κ3) is 5.59. The molecule has 148 valence electrons. The minimum atomic E-state index is -0.403. The SMILES string of the molecule is CC(C)c1ccc(C=CC(=O)Nc2ccc(NC(=O)c3ccco3)c(Cl)c2)cc1. The van der Waals surface area contributed by atoms with Crippen LogP contribution in [0.5, 0.6) is 0 Å². The Morgan fingerprint density at radius 3 is 2.41 bits per heavy atom. The fraction of sp³-hybridized carbons (Fsp3) is 0.130. The third-order valence-corrected chi connectivity index (χ3v) is 4.57. The number of hydrogen-bond acceptors (Lipinski definition) is 3. The highest BCUT2D eigenvalue weighted by atomic mass is 35.5. The van der Waals surface area contributed by atoms with Crippen molar-refractivity contribution in [2.45, 2.75) is 19.8 Å². The summed E-state index contributed by atoms with van der Waals surface area (Å²) in [4.78, 5) is 24.2. The minimum Gasteiger partial charge on any atom is -0.459 e. The number of rotatable bonds is 6. The molecule has 0 aliphatic rings. The van der Waals surface area contributed by atoms with Crippen LogP contribution in [0.3, 0.4) is 0 Å². The van der Waals surface area contributed by atoms with E-state index in [0.717, 1.165) is 5.56 Å². The number of carbonyl (C=O) groups excluding carboxylic acids is 2. The third-order valence-electron chi connectivity index (χ3n) is 4.26. The molecule has 2 aromatic carbocycles. The number of benzene rings is 2. The van der Waals surface area contributed by atoms with E-state index in [1.807, 2.05) is 12.1 Å². The molecule has 3 aromatic rings. The van der Waals surface area contributed by atoms with E-state index in [1.165, 1.54) is 17.9 Å². The molecule has 0 unspecified atom stereocenters. The van der Waals surface area contributed by atoms with Crippen molar-refractivity contribution in [2.75, 3.05) is 10.6 Å².